The molecule has 1 N–H and O–H groups in total. The van der Waals surface area contributed by atoms with Crippen molar-refractivity contribution in [2.24, 2.45) is 0 Å². The number of halogens is 3. The van der Waals surface area contributed by atoms with Crippen LogP contribution in [0.4, 0.5) is 10.1 Å². The van der Waals surface area contributed by atoms with Crippen LogP contribution < -0.4 is 9.46 Å². The molecule has 0 fully saturated rings. The molecule has 2 aromatic rings. The highest BCUT2D eigenvalue weighted by Gasteiger charge is 2.34. The molecule has 0 spiro atoms. The molecule has 0 radical (unpaired) electrons. The third kappa shape index (κ3) is 3.97. The lowest BCUT2D eigenvalue weighted by atomic mass is 10.1. The van der Waals surface area contributed by atoms with Gasteiger partial charge in [0, 0.05) is 17.5 Å². The second kappa shape index (κ2) is 7.88. The van der Waals surface area contributed by atoms with E-state index < -0.39 is 27.9 Å². The Hall–Kier alpha value is -1.84. The summed E-state index contributed by atoms with van der Waals surface area (Å²) in [5.74, 6) is -0.939. The molecule has 10 heteroatoms. The van der Waals surface area contributed by atoms with Gasteiger partial charge in [-0.15, -0.1) is 0 Å². The van der Waals surface area contributed by atoms with Crippen molar-refractivity contribution in [3.05, 3.63) is 50.7 Å². The average Bonchev–Trinajstić information content (AvgIpc) is 2.99. The summed E-state index contributed by atoms with van der Waals surface area (Å²) in [5, 5.41) is 0.151. The van der Waals surface area contributed by atoms with E-state index in [1.807, 2.05) is 0 Å². The minimum Gasteiger partial charge on any atom is -0.487 e. The van der Waals surface area contributed by atoms with Crippen LogP contribution in [0.25, 0.3) is 0 Å². The molecule has 1 aliphatic heterocycles. The van der Waals surface area contributed by atoms with Gasteiger partial charge < -0.3 is 9.47 Å². The predicted molar refractivity (Wildman–Crippen MR) is 106 cm³/mol. The molecule has 0 amide bonds. The summed E-state index contributed by atoms with van der Waals surface area (Å²) < 4.78 is 53.2. The van der Waals surface area contributed by atoms with E-state index in [4.69, 9.17) is 21.1 Å². The smallest absolute Gasteiger partial charge is 0.303 e. The van der Waals surface area contributed by atoms with Crippen molar-refractivity contribution in [1.29, 1.82) is 0 Å². The zero-order valence-corrected chi connectivity index (χ0v) is 18.0. The molecule has 1 heterocycles. The summed E-state index contributed by atoms with van der Waals surface area (Å²) >= 11 is 9.24. The molecular formula is C18H16BrClFNO5S. The Bertz CT molecular complexity index is 1060. The van der Waals surface area contributed by atoms with Crippen LogP contribution in [0.15, 0.2) is 33.6 Å². The summed E-state index contributed by atoms with van der Waals surface area (Å²) in [7, 11) is -4.12. The number of ether oxygens (including phenoxy) is 2. The third-order valence-corrected chi connectivity index (χ3v) is 6.61. The van der Waals surface area contributed by atoms with Gasteiger partial charge >= 0.3 is 5.97 Å². The first-order chi connectivity index (χ1) is 13.1. The molecule has 1 unspecified atom stereocenters. The van der Waals surface area contributed by atoms with Gasteiger partial charge in [0.2, 0.25) is 0 Å². The normalized spacial score (nSPS) is 15.7. The van der Waals surface area contributed by atoms with Gasteiger partial charge in [-0.2, -0.15) is 0 Å². The fraction of sp³-hybridized carbons (Fsp3) is 0.278. The molecule has 0 saturated heterocycles. The molecule has 150 valence electrons. The highest BCUT2D eigenvalue weighted by molar-refractivity contribution is 9.10. The Kier molecular flexibility index (Phi) is 5.88. The number of carbonyl (C=O) groups is 1. The summed E-state index contributed by atoms with van der Waals surface area (Å²) in [4.78, 5) is 11.1. The first kappa shape index (κ1) is 20.9. The maximum Gasteiger partial charge on any atom is 0.303 e. The van der Waals surface area contributed by atoms with E-state index in [0.717, 1.165) is 6.07 Å². The second-order valence-corrected chi connectivity index (χ2v) is 8.96. The quantitative estimate of drug-likeness (QED) is 0.617. The Morgan fingerprint density at radius 1 is 1.43 bits per heavy atom. The van der Waals surface area contributed by atoms with Crippen LogP contribution in [0.1, 0.15) is 31.1 Å². The van der Waals surface area contributed by atoms with Crippen molar-refractivity contribution < 1.29 is 27.1 Å². The number of carbonyl (C=O) groups excluding carboxylic acids is 1. The van der Waals surface area contributed by atoms with Crippen LogP contribution >= 0.6 is 27.5 Å². The van der Waals surface area contributed by atoms with Crippen molar-refractivity contribution in [2.45, 2.75) is 31.3 Å². The summed E-state index contributed by atoms with van der Waals surface area (Å²) in [6, 6.07) is 5.27. The highest BCUT2D eigenvalue weighted by atomic mass is 79.9. The van der Waals surface area contributed by atoms with Gasteiger partial charge in [-0.05, 0) is 52.2 Å². The lowest BCUT2D eigenvalue weighted by molar-refractivity contribution is -0.147. The second-order valence-electron chi connectivity index (χ2n) is 6.08. The number of hydrogen-bond donors (Lipinski definition) is 1. The zero-order valence-electron chi connectivity index (χ0n) is 14.9. The fourth-order valence-corrected chi connectivity index (χ4v) is 5.17. The lowest BCUT2D eigenvalue weighted by Crippen LogP contribution is -2.15. The summed E-state index contributed by atoms with van der Waals surface area (Å²) in [5.41, 5.74) is 1.08. The van der Waals surface area contributed by atoms with E-state index in [9.17, 15) is 17.6 Å². The highest BCUT2D eigenvalue weighted by Crippen LogP contribution is 2.42. The van der Waals surface area contributed by atoms with Crippen LogP contribution in [0.2, 0.25) is 5.02 Å². The van der Waals surface area contributed by atoms with E-state index in [1.165, 1.54) is 25.1 Å². The largest absolute Gasteiger partial charge is 0.487 e. The van der Waals surface area contributed by atoms with E-state index >= 15 is 0 Å². The van der Waals surface area contributed by atoms with Gasteiger partial charge in [-0.25, -0.2) is 12.8 Å². The van der Waals surface area contributed by atoms with E-state index in [0.29, 0.717) is 17.5 Å². The Morgan fingerprint density at radius 2 is 2.14 bits per heavy atom. The van der Waals surface area contributed by atoms with Crippen molar-refractivity contribution >= 4 is 49.2 Å². The fourth-order valence-electron chi connectivity index (χ4n) is 2.96. The predicted octanol–water partition coefficient (Wildman–Crippen LogP) is 4.60. The van der Waals surface area contributed by atoms with Crippen LogP contribution in [-0.4, -0.2) is 21.0 Å². The lowest BCUT2D eigenvalue weighted by Gasteiger charge is -2.15. The maximum absolute atomic E-state index is 13.8. The molecule has 2 aromatic carbocycles. The number of nitrogens with one attached hydrogen (secondary N) is 1. The molecular weight excluding hydrogens is 477 g/mol. The van der Waals surface area contributed by atoms with Crippen LogP contribution in [0.5, 0.6) is 5.75 Å². The maximum atomic E-state index is 13.8. The SMILES string of the molecule is CCc1c(NS(=O)(=O)c2cc(Cl)cc3c2OCC3OC(C)=O)ccc(F)c1Br. The average molecular weight is 493 g/mol. The molecule has 3 rings (SSSR count). The van der Waals surface area contributed by atoms with E-state index in [-0.39, 0.29) is 32.4 Å². The first-order valence-corrected chi connectivity index (χ1v) is 10.9. The number of sulfonamides is 1. The number of rotatable bonds is 5. The molecule has 1 aliphatic rings. The van der Waals surface area contributed by atoms with Gasteiger partial charge in [0.05, 0.1) is 10.2 Å². The van der Waals surface area contributed by atoms with Crippen molar-refractivity contribution in [3.8, 4) is 5.75 Å². The third-order valence-electron chi connectivity index (χ3n) is 4.17. The number of hydrogen-bond acceptors (Lipinski definition) is 5. The van der Waals surface area contributed by atoms with Gasteiger partial charge in [0.25, 0.3) is 10.0 Å². The molecule has 0 aliphatic carbocycles. The van der Waals surface area contributed by atoms with Gasteiger partial charge in [0.1, 0.15) is 23.1 Å². The van der Waals surface area contributed by atoms with Crippen molar-refractivity contribution in [3.63, 3.8) is 0 Å². The Labute approximate surface area is 175 Å². The number of benzene rings is 2. The van der Waals surface area contributed by atoms with E-state index in [2.05, 4.69) is 20.7 Å². The van der Waals surface area contributed by atoms with Crippen LogP contribution in [0, 0.1) is 5.82 Å². The van der Waals surface area contributed by atoms with Crippen LogP contribution in [0.3, 0.4) is 0 Å². The van der Waals surface area contributed by atoms with Gasteiger partial charge in [0.15, 0.2) is 6.10 Å². The number of anilines is 1. The molecule has 0 saturated carbocycles. The van der Waals surface area contributed by atoms with Crippen molar-refractivity contribution in [2.75, 3.05) is 11.3 Å². The summed E-state index contributed by atoms with van der Waals surface area (Å²) in [6.07, 6.45) is -0.346. The molecule has 28 heavy (non-hydrogen) atoms. The molecule has 0 aromatic heterocycles. The van der Waals surface area contributed by atoms with Crippen LogP contribution in [-0.2, 0) is 26.0 Å². The minimum atomic E-state index is -4.12. The Balaban J connectivity index is 2.05. The standard InChI is InChI=1S/C18H16BrClFNO5S/c1-3-11-14(5-4-13(21)17(11)19)22-28(24,25)16-7-10(20)6-12-15(27-9(2)23)8-26-18(12)16/h4-7,15,22H,3,8H2,1-2H3. The molecule has 1 atom stereocenters. The minimum absolute atomic E-state index is 0.0138. The van der Waals surface area contributed by atoms with Gasteiger partial charge in [-0.3, -0.25) is 9.52 Å². The zero-order chi connectivity index (χ0) is 20.6. The van der Waals surface area contributed by atoms with E-state index in [1.54, 1.807) is 6.92 Å². The number of esters is 1. The summed E-state index contributed by atoms with van der Waals surface area (Å²) in [6.45, 7) is 3.02. The van der Waals surface area contributed by atoms with Gasteiger partial charge in [-0.1, -0.05) is 18.5 Å². The van der Waals surface area contributed by atoms with Crippen molar-refractivity contribution in [1.82, 2.24) is 0 Å². The Morgan fingerprint density at radius 3 is 2.79 bits per heavy atom. The monoisotopic (exact) mass is 491 g/mol. The molecule has 6 nitrogen and oxygen atoms in total. The molecule has 0 bridgehead atoms. The topological polar surface area (TPSA) is 81.7 Å². The number of fused-ring (bicyclic) bond motifs is 1. The first-order valence-electron chi connectivity index (χ1n) is 8.27.